The summed E-state index contributed by atoms with van der Waals surface area (Å²) in [5.41, 5.74) is 8.70. The highest BCUT2D eigenvalue weighted by atomic mass is 35.5. The summed E-state index contributed by atoms with van der Waals surface area (Å²) in [4.78, 5) is 12.0. The average molecular weight is 275 g/mol. The molecule has 0 aliphatic heterocycles. The molecule has 0 aliphatic rings. The highest BCUT2D eigenvalue weighted by molar-refractivity contribution is 6.36. The van der Waals surface area contributed by atoms with Crippen molar-refractivity contribution in [1.82, 2.24) is 5.32 Å². The van der Waals surface area contributed by atoms with Crippen LogP contribution in [0.2, 0.25) is 5.02 Å². The first-order valence-corrected chi connectivity index (χ1v) is 6.33. The van der Waals surface area contributed by atoms with Gasteiger partial charge in [-0.15, -0.1) is 0 Å². The molecular formula is C15H15ClN2O. The third-order valence-electron chi connectivity index (χ3n) is 2.85. The normalized spacial score (nSPS) is 10.2. The maximum atomic E-state index is 12.0. The van der Waals surface area contributed by atoms with Gasteiger partial charge in [0.2, 0.25) is 0 Å². The minimum Gasteiger partial charge on any atom is -0.398 e. The first-order valence-electron chi connectivity index (χ1n) is 5.95. The smallest absolute Gasteiger partial charge is 0.253 e. The van der Waals surface area contributed by atoms with E-state index in [0.717, 1.165) is 5.56 Å². The molecule has 0 fully saturated rings. The molecule has 0 aliphatic carbocycles. The zero-order valence-electron chi connectivity index (χ0n) is 10.6. The van der Waals surface area contributed by atoms with E-state index in [1.807, 2.05) is 31.2 Å². The van der Waals surface area contributed by atoms with Crippen molar-refractivity contribution in [3.8, 4) is 0 Å². The molecule has 2 aromatic rings. The summed E-state index contributed by atoms with van der Waals surface area (Å²) >= 11 is 6.00. The minimum atomic E-state index is -0.224. The third-order valence-corrected chi connectivity index (χ3v) is 3.27. The topological polar surface area (TPSA) is 55.1 Å². The number of carbonyl (C=O) groups excluding carboxylic acids is 1. The van der Waals surface area contributed by atoms with Gasteiger partial charge in [0.05, 0.1) is 16.3 Å². The van der Waals surface area contributed by atoms with E-state index in [0.29, 0.717) is 22.8 Å². The number of nitrogens with two attached hydrogens (primary N) is 1. The first-order chi connectivity index (χ1) is 9.08. The molecule has 0 unspecified atom stereocenters. The molecule has 3 N–H and O–H groups in total. The summed E-state index contributed by atoms with van der Waals surface area (Å²) < 4.78 is 0. The monoisotopic (exact) mass is 274 g/mol. The molecule has 4 heteroatoms. The van der Waals surface area contributed by atoms with Crippen molar-refractivity contribution in [3.63, 3.8) is 0 Å². The van der Waals surface area contributed by atoms with Gasteiger partial charge < -0.3 is 11.1 Å². The van der Waals surface area contributed by atoms with E-state index in [-0.39, 0.29) is 5.91 Å². The number of nitrogens with one attached hydrogen (secondary N) is 1. The number of hydrogen-bond acceptors (Lipinski definition) is 2. The van der Waals surface area contributed by atoms with Crippen molar-refractivity contribution < 1.29 is 4.79 Å². The number of amides is 1. The molecule has 0 radical (unpaired) electrons. The fourth-order valence-corrected chi connectivity index (χ4v) is 1.92. The van der Waals surface area contributed by atoms with Gasteiger partial charge in [-0.3, -0.25) is 4.79 Å². The number of halogens is 1. The van der Waals surface area contributed by atoms with Crippen LogP contribution in [0.1, 0.15) is 21.5 Å². The molecule has 0 atom stereocenters. The lowest BCUT2D eigenvalue weighted by molar-refractivity contribution is 0.0951. The van der Waals surface area contributed by atoms with Gasteiger partial charge in [0.25, 0.3) is 5.91 Å². The van der Waals surface area contributed by atoms with Crippen LogP contribution in [0.3, 0.4) is 0 Å². The standard InChI is InChI=1S/C15H15ClN2O/c1-10-5-7-11(8-6-10)9-18-15(19)12-3-2-4-13(17)14(12)16/h2-8H,9,17H2,1H3,(H,18,19). The van der Waals surface area contributed by atoms with Crippen LogP contribution in [0.15, 0.2) is 42.5 Å². The summed E-state index contributed by atoms with van der Waals surface area (Å²) in [6.07, 6.45) is 0. The number of aryl methyl sites for hydroxylation is 1. The Hall–Kier alpha value is -2.00. The second kappa shape index (κ2) is 5.76. The molecular weight excluding hydrogens is 260 g/mol. The van der Waals surface area contributed by atoms with Crippen molar-refractivity contribution in [1.29, 1.82) is 0 Å². The molecule has 0 bridgehead atoms. The molecule has 0 aromatic heterocycles. The maximum absolute atomic E-state index is 12.0. The van der Waals surface area contributed by atoms with Gasteiger partial charge in [-0.1, -0.05) is 47.5 Å². The van der Waals surface area contributed by atoms with Crippen molar-refractivity contribution in [2.24, 2.45) is 0 Å². The van der Waals surface area contributed by atoms with E-state index < -0.39 is 0 Å². The Labute approximate surface area is 117 Å². The summed E-state index contributed by atoms with van der Waals surface area (Å²) in [6.45, 7) is 2.49. The number of nitrogen functional groups attached to an aromatic ring is 1. The third kappa shape index (κ3) is 3.26. The zero-order valence-corrected chi connectivity index (χ0v) is 11.4. The number of carbonyl (C=O) groups is 1. The number of rotatable bonds is 3. The predicted molar refractivity (Wildman–Crippen MR) is 78.2 cm³/mol. The Balaban J connectivity index is 2.05. The maximum Gasteiger partial charge on any atom is 0.253 e. The van der Waals surface area contributed by atoms with E-state index in [1.165, 1.54) is 5.56 Å². The van der Waals surface area contributed by atoms with Crippen molar-refractivity contribution in [2.45, 2.75) is 13.5 Å². The van der Waals surface area contributed by atoms with Crippen molar-refractivity contribution >= 4 is 23.2 Å². The van der Waals surface area contributed by atoms with E-state index in [1.54, 1.807) is 18.2 Å². The number of anilines is 1. The second-order valence-electron chi connectivity index (χ2n) is 4.38. The summed E-state index contributed by atoms with van der Waals surface area (Å²) in [5, 5.41) is 3.12. The molecule has 98 valence electrons. The fraction of sp³-hybridized carbons (Fsp3) is 0.133. The van der Waals surface area contributed by atoms with Crippen LogP contribution in [-0.2, 0) is 6.54 Å². The second-order valence-corrected chi connectivity index (χ2v) is 4.76. The van der Waals surface area contributed by atoms with E-state index in [4.69, 9.17) is 17.3 Å². The van der Waals surface area contributed by atoms with Crippen molar-refractivity contribution in [3.05, 3.63) is 64.2 Å². The molecule has 2 rings (SSSR count). The highest BCUT2D eigenvalue weighted by Crippen LogP contribution is 2.22. The Morgan fingerprint density at radius 2 is 1.89 bits per heavy atom. The lowest BCUT2D eigenvalue weighted by Crippen LogP contribution is -2.23. The summed E-state index contributed by atoms with van der Waals surface area (Å²) in [5.74, 6) is -0.224. The van der Waals surface area contributed by atoms with E-state index in [9.17, 15) is 4.79 Å². The molecule has 0 spiro atoms. The Morgan fingerprint density at radius 1 is 1.21 bits per heavy atom. The van der Waals surface area contributed by atoms with E-state index >= 15 is 0 Å². The van der Waals surface area contributed by atoms with Crippen molar-refractivity contribution in [2.75, 3.05) is 5.73 Å². The Morgan fingerprint density at radius 3 is 2.58 bits per heavy atom. The molecule has 0 heterocycles. The first kappa shape index (κ1) is 13.4. The van der Waals surface area contributed by atoms with Crippen LogP contribution in [0.5, 0.6) is 0 Å². The highest BCUT2D eigenvalue weighted by Gasteiger charge is 2.11. The molecule has 0 saturated carbocycles. The van der Waals surface area contributed by atoms with Crippen LogP contribution in [0.25, 0.3) is 0 Å². The lowest BCUT2D eigenvalue weighted by Gasteiger charge is -2.08. The Bertz CT molecular complexity index is 594. The molecule has 0 saturated heterocycles. The number of hydrogen-bond donors (Lipinski definition) is 2. The van der Waals surface area contributed by atoms with E-state index in [2.05, 4.69) is 5.32 Å². The zero-order chi connectivity index (χ0) is 13.8. The SMILES string of the molecule is Cc1ccc(CNC(=O)c2cccc(N)c2Cl)cc1. The van der Waals surface area contributed by atoms with Gasteiger partial charge in [0, 0.05) is 6.54 Å². The summed E-state index contributed by atoms with van der Waals surface area (Å²) in [6, 6.07) is 13.0. The van der Waals surface area contributed by atoms with Crippen LogP contribution < -0.4 is 11.1 Å². The predicted octanol–water partition coefficient (Wildman–Crippen LogP) is 3.16. The molecule has 19 heavy (non-hydrogen) atoms. The van der Waals surface area contributed by atoms with Gasteiger partial charge in [-0.25, -0.2) is 0 Å². The van der Waals surface area contributed by atoms with Gasteiger partial charge >= 0.3 is 0 Å². The van der Waals surface area contributed by atoms with Gasteiger partial charge in [0.1, 0.15) is 0 Å². The summed E-state index contributed by atoms with van der Waals surface area (Å²) in [7, 11) is 0. The van der Waals surface area contributed by atoms with Gasteiger partial charge in [-0.05, 0) is 24.6 Å². The van der Waals surface area contributed by atoms with Crippen LogP contribution >= 0.6 is 11.6 Å². The van der Waals surface area contributed by atoms with Gasteiger partial charge in [-0.2, -0.15) is 0 Å². The Kier molecular flexibility index (Phi) is 4.07. The fourth-order valence-electron chi connectivity index (χ4n) is 1.71. The average Bonchev–Trinajstić information content (AvgIpc) is 2.41. The van der Waals surface area contributed by atoms with Crippen LogP contribution in [0.4, 0.5) is 5.69 Å². The minimum absolute atomic E-state index is 0.224. The van der Waals surface area contributed by atoms with Gasteiger partial charge in [0.15, 0.2) is 0 Å². The van der Waals surface area contributed by atoms with Crippen LogP contribution in [-0.4, -0.2) is 5.91 Å². The quantitative estimate of drug-likeness (QED) is 0.845. The molecule has 2 aromatic carbocycles. The lowest BCUT2D eigenvalue weighted by atomic mass is 10.1. The molecule has 3 nitrogen and oxygen atoms in total. The number of benzene rings is 2. The largest absolute Gasteiger partial charge is 0.398 e. The molecule has 1 amide bonds. The van der Waals surface area contributed by atoms with Crippen LogP contribution in [0, 0.1) is 6.92 Å².